The van der Waals surface area contributed by atoms with Crippen molar-refractivity contribution in [2.45, 2.75) is 52.0 Å². The van der Waals surface area contributed by atoms with E-state index in [2.05, 4.69) is 22.1 Å². The van der Waals surface area contributed by atoms with Gasteiger partial charge in [-0.25, -0.2) is 18.7 Å². The first kappa shape index (κ1) is 26.3. The van der Waals surface area contributed by atoms with Gasteiger partial charge in [0.15, 0.2) is 11.3 Å². The SMILES string of the molecule is CCc1cc(C(=O)N2CCCCC[C@H]2C)nc2cc(-c3ccc(N(C)c4cc(C(=O)O)nn4C)cc3F)nn12. The molecule has 1 aliphatic heterocycles. The number of hydrogen-bond donors (Lipinski definition) is 1. The number of aryl methyl sites for hydroxylation is 2. The number of aromatic nitrogens is 5. The van der Waals surface area contributed by atoms with E-state index in [1.54, 1.807) is 47.8 Å². The molecule has 4 aromatic rings. The van der Waals surface area contributed by atoms with Crippen LogP contribution < -0.4 is 4.90 Å². The molecule has 0 unspecified atom stereocenters. The van der Waals surface area contributed by atoms with Crippen LogP contribution in [0.4, 0.5) is 15.9 Å². The number of benzene rings is 1. The van der Waals surface area contributed by atoms with Gasteiger partial charge in [-0.15, -0.1) is 0 Å². The molecule has 0 spiro atoms. The van der Waals surface area contributed by atoms with Crippen molar-refractivity contribution in [2.75, 3.05) is 18.5 Å². The lowest BCUT2D eigenvalue weighted by atomic mass is 10.1. The van der Waals surface area contributed by atoms with Gasteiger partial charge < -0.3 is 14.9 Å². The minimum atomic E-state index is -1.13. The predicted octanol–water partition coefficient (Wildman–Crippen LogP) is 4.70. The van der Waals surface area contributed by atoms with E-state index >= 15 is 4.39 Å². The molecular weight excluding hydrogens is 501 g/mol. The highest BCUT2D eigenvalue weighted by atomic mass is 19.1. The average Bonchev–Trinajstić information content (AvgIpc) is 3.45. The van der Waals surface area contributed by atoms with Gasteiger partial charge in [0.1, 0.15) is 17.3 Å². The van der Waals surface area contributed by atoms with E-state index < -0.39 is 11.8 Å². The van der Waals surface area contributed by atoms with Crippen molar-refractivity contribution >= 4 is 29.0 Å². The van der Waals surface area contributed by atoms with Gasteiger partial charge in [0, 0.05) is 55.8 Å². The second-order valence-electron chi connectivity index (χ2n) is 10.0. The number of carbonyl (C=O) groups is 2. The van der Waals surface area contributed by atoms with Gasteiger partial charge >= 0.3 is 5.97 Å². The molecule has 1 atom stereocenters. The molecule has 1 amide bonds. The van der Waals surface area contributed by atoms with E-state index in [-0.39, 0.29) is 17.6 Å². The maximum atomic E-state index is 15.4. The number of carbonyl (C=O) groups excluding carboxylic acids is 1. The third-order valence-corrected chi connectivity index (χ3v) is 7.43. The smallest absolute Gasteiger partial charge is 0.356 e. The van der Waals surface area contributed by atoms with Crippen LogP contribution in [-0.4, -0.2) is 65.9 Å². The third kappa shape index (κ3) is 4.96. The van der Waals surface area contributed by atoms with Crippen molar-refractivity contribution in [1.82, 2.24) is 29.3 Å². The number of anilines is 2. The molecule has 3 aromatic heterocycles. The lowest BCUT2D eigenvalue weighted by molar-refractivity contribution is 0.0681. The number of halogens is 1. The van der Waals surface area contributed by atoms with E-state index in [4.69, 9.17) is 0 Å². The molecule has 39 heavy (non-hydrogen) atoms. The van der Waals surface area contributed by atoms with Gasteiger partial charge in [-0.3, -0.25) is 9.48 Å². The summed E-state index contributed by atoms with van der Waals surface area (Å²) in [5.74, 6) is -1.20. The van der Waals surface area contributed by atoms with Crippen LogP contribution in [-0.2, 0) is 13.5 Å². The molecule has 10 nitrogen and oxygen atoms in total. The zero-order chi connectivity index (χ0) is 27.8. The number of aromatic carboxylic acids is 1. The topological polar surface area (TPSA) is 109 Å². The largest absolute Gasteiger partial charge is 0.476 e. The summed E-state index contributed by atoms with van der Waals surface area (Å²) in [4.78, 5) is 32.9. The molecule has 0 radical (unpaired) electrons. The summed E-state index contributed by atoms with van der Waals surface area (Å²) < 4.78 is 18.5. The fraction of sp³-hybridized carbons (Fsp3) is 0.393. The molecular formula is C28H32FN7O3. The van der Waals surface area contributed by atoms with Crippen LogP contribution in [0.25, 0.3) is 16.9 Å². The van der Waals surface area contributed by atoms with E-state index in [9.17, 15) is 14.7 Å². The molecule has 1 fully saturated rings. The van der Waals surface area contributed by atoms with Crippen LogP contribution in [0.15, 0.2) is 36.4 Å². The summed E-state index contributed by atoms with van der Waals surface area (Å²) in [6.45, 7) is 4.79. The normalized spacial score (nSPS) is 15.9. The highest BCUT2D eigenvalue weighted by Gasteiger charge is 2.25. The van der Waals surface area contributed by atoms with Gasteiger partial charge in [0.25, 0.3) is 5.91 Å². The summed E-state index contributed by atoms with van der Waals surface area (Å²) in [5.41, 5.74) is 2.82. The monoisotopic (exact) mass is 533 g/mol. The molecule has 1 saturated heterocycles. The minimum absolute atomic E-state index is 0.0795. The molecule has 1 aromatic carbocycles. The van der Waals surface area contributed by atoms with E-state index in [1.807, 2.05) is 11.8 Å². The summed E-state index contributed by atoms with van der Waals surface area (Å²) >= 11 is 0. The lowest BCUT2D eigenvalue weighted by Gasteiger charge is -2.27. The maximum absolute atomic E-state index is 15.4. The van der Waals surface area contributed by atoms with Gasteiger partial charge in [-0.2, -0.15) is 10.2 Å². The predicted molar refractivity (Wildman–Crippen MR) is 145 cm³/mol. The summed E-state index contributed by atoms with van der Waals surface area (Å²) in [5, 5.41) is 17.8. The Bertz CT molecular complexity index is 1560. The summed E-state index contributed by atoms with van der Waals surface area (Å²) in [6.07, 6.45) is 4.84. The van der Waals surface area contributed by atoms with Crippen LogP contribution in [0.3, 0.4) is 0 Å². The first-order chi connectivity index (χ1) is 18.7. The van der Waals surface area contributed by atoms with Crippen LogP contribution >= 0.6 is 0 Å². The van der Waals surface area contributed by atoms with Gasteiger partial charge in [-0.1, -0.05) is 19.8 Å². The van der Waals surface area contributed by atoms with E-state index in [1.165, 1.54) is 16.8 Å². The number of rotatable bonds is 6. The Labute approximate surface area is 225 Å². The Morgan fingerprint density at radius 3 is 2.59 bits per heavy atom. The second kappa shape index (κ2) is 10.5. The molecule has 5 rings (SSSR count). The zero-order valence-corrected chi connectivity index (χ0v) is 22.6. The van der Waals surface area contributed by atoms with Crippen molar-refractivity contribution in [3.05, 3.63) is 59.3 Å². The number of nitrogens with zero attached hydrogens (tertiary/aromatic N) is 7. The first-order valence-electron chi connectivity index (χ1n) is 13.2. The number of carboxylic acid groups (broad SMARTS) is 1. The van der Waals surface area contributed by atoms with Crippen molar-refractivity contribution in [1.29, 1.82) is 0 Å². The van der Waals surface area contributed by atoms with Crippen LogP contribution in [0.1, 0.15) is 66.2 Å². The molecule has 1 N–H and O–H groups in total. The lowest BCUT2D eigenvalue weighted by Crippen LogP contribution is -2.38. The fourth-order valence-electron chi connectivity index (χ4n) is 5.18. The number of fused-ring (bicyclic) bond motifs is 1. The highest BCUT2D eigenvalue weighted by molar-refractivity contribution is 5.93. The van der Waals surface area contributed by atoms with E-state index in [0.29, 0.717) is 40.5 Å². The molecule has 0 bridgehead atoms. The number of carboxylic acids is 1. The Kier molecular flexibility index (Phi) is 7.07. The van der Waals surface area contributed by atoms with Gasteiger partial charge in [0.2, 0.25) is 0 Å². The Balaban J connectivity index is 1.47. The van der Waals surface area contributed by atoms with Crippen molar-refractivity contribution in [3.8, 4) is 11.3 Å². The van der Waals surface area contributed by atoms with E-state index in [0.717, 1.165) is 37.9 Å². The van der Waals surface area contributed by atoms with Crippen molar-refractivity contribution in [2.24, 2.45) is 7.05 Å². The zero-order valence-electron chi connectivity index (χ0n) is 22.6. The number of likely N-dealkylation sites (tertiary alicyclic amines) is 1. The number of amides is 1. The molecule has 11 heteroatoms. The maximum Gasteiger partial charge on any atom is 0.356 e. The second-order valence-corrected chi connectivity index (χ2v) is 10.0. The Morgan fingerprint density at radius 1 is 1.10 bits per heavy atom. The third-order valence-electron chi connectivity index (χ3n) is 7.43. The quantitative estimate of drug-likeness (QED) is 0.383. The van der Waals surface area contributed by atoms with Crippen LogP contribution in [0.5, 0.6) is 0 Å². The van der Waals surface area contributed by atoms with Crippen LogP contribution in [0.2, 0.25) is 0 Å². The minimum Gasteiger partial charge on any atom is -0.476 e. The molecule has 204 valence electrons. The first-order valence-corrected chi connectivity index (χ1v) is 13.2. The number of hydrogen-bond acceptors (Lipinski definition) is 6. The average molecular weight is 534 g/mol. The van der Waals surface area contributed by atoms with Crippen molar-refractivity contribution < 1.29 is 19.1 Å². The highest BCUT2D eigenvalue weighted by Crippen LogP contribution is 2.30. The standard InChI is InChI=1S/C28H32FN7O3/c1-5-18-14-23(27(37)35-12-8-6-7-9-17(35)2)30-25-15-22(32-36(18)25)20-11-10-19(13-21(20)29)33(3)26-16-24(28(38)39)31-34(26)4/h10-11,13-17H,5-9,12H2,1-4H3,(H,38,39)/t17-/m1/s1. The molecule has 0 aliphatic carbocycles. The molecule has 0 saturated carbocycles. The van der Waals surface area contributed by atoms with Crippen molar-refractivity contribution in [3.63, 3.8) is 0 Å². The Morgan fingerprint density at radius 2 is 1.90 bits per heavy atom. The van der Waals surface area contributed by atoms with Crippen LogP contribution in [0, 0.1) is 5.82 Å². The van der Waals surface area contributed by atoms with Gasteiger partial charge in [-0.05, 0) is 50.5 Å². The summed E-state index contributed by atoms with van der Waals surface area (Å²) in [7, 11) is 3.34. The Hall–Kier alpha value is -4.28. The summed E-state index contributed by atoms with van der Waals surface area (Å²) in [6, 6.07) is 9.82. The molecule has 4 heterocycles. The van der Waals surface area contributed by atoms with Gasteiger partial charge in [0.05, 0.1) is 5.69 Å². The molecule has 1 aliphatic rings. The fourth-order valence-corrected chi connectivity index (χ4v) is 5.18.